The van der Waals surface area contributed by atoms with Gasteiger partial charge in [-0.2, -0.15) is 0 Å². The molecule has 0 aromatic carbocycles. The van der Waals surface area contributed by atoms with E-state index in [0.717, 1.165) is 6.26 Å². The third-order valence-electron chi connectivity index (χ3n) is 4.04. The first-order chi connectivity index (χ1) is 10.2. The number of amides is 1. The van der Waals surface area contributed by atoms with E-state index in [2.05, 4.69) is 9.71 Å². The summed E-state index contributed by atoms with van der Waals surface area (Å²) in [5, 5.41) is 0. The molecule has 7 nitrogen and oxygen atoms in total. The summed E-state index contributed by atoms with van der Waals surface area (Å²) < 4.78 is 30.9. The Labute approximate surface area is 131 Å². The molecule has 0 radical (unpaired) electrons. The molecular weight excluding hydrogens is 306 g/mol. The van der Waals surface area contributed by atoms with Gasteiger partial charge in [-0.15, -0.1) is 0 Å². The van der Waals surface area contributed by atoms with Crippen LogP contribution in [0.5, 0.6) is 0 Å². The lowest BCUT2D eigenvalue weighted by atomic mass is 9.92. The topological polar surface area (TPSA) is 92.5 Å². The Hall–Kier alpha value is -1.41. The fourth-order valence-corrected chi connectivity index (χ4v) is 3.71. The Morgan fingerprint density at radius 1 is 1.50 bits per heavy atom. The van der Waals surface area contributed by atoms with Crippen molar-refractivity contribution in [1.82, 2.24) is 14.6 Å². The second kappa shape index (κ2) is 6.37. The monoisotopic (exact) mass is 329 g/mol. The normalized spacial score (nSPS) is 22.5. The Bertz CT molecular complexity index is 638. The van der Waals surface area contributed by atoms with E-state index in [1.54, 1.807) is 4.90 Å². The van der Waals surface area contributed by atoms with Gasteiger partial charge in [-0.3, -0.25) is 4.79 Å². The number of carbonyl (C=O) groups excluding carboxylic acids is 1. The maximum absolute atomic E-state index is 12.6. The van der Waals surface area contributed by atoms with Crippen LogP contribution in [0.3, 0.4) is 0 Å². The van der Waals surface area contributed by atoms with Gasteiger partial charge in [0, 0.05) is 25.6 Å². The van der Waals surface area contributed by atoms with Crippen molar-refractivity contribution in [2.24, 2.45) is 11.8 Å². The highest BCUT2D eigenvalue weighted by Gasteiger charge is 2.39. The minimum atomic E-state index is -3.31. The number of carbonyl (C=O) groups is 1. The van der Waals surface area contributed by atoms with Crippen molar-refractivity contribution in [2.75, 3.05) is 19.3 Å². The van der Waals surface area contributed by atoms with Crippen LogP contribution in [0, 0.1) is 11.8 Å². The van der Waals surface area contributed by atoms with Crippen molar-refractivity contribution in [1.29, 1.82) is 0 Å². The molecule has 0 unspecified atom stereocenters. The minimum Gasteiger partial charge on any atom is -0.448 e. The molecule has 1 aliphatic rings. The Morgan fingerprint density at radius 3 is 2.73 bits per heavy atom. The predicted molar refractivity (Wildman–Crippen MR) is 81.9 cm³/mol. The molecule has 22 heavy (non-hydrogen) atoms. The van der Waals surface area contributed by atoms with Gasteiger partial charge in [0.2, 0.25) is 10.0 Å². The maximum atomic E-state index is 12.6. The summed E-state index contributed by atoms with van der Waals surface area (Å²) >= 11 is 0. The van der Waals surface area contributed by atoms with Crippen molar-refractivity contribution in [3.63, 3.8) is 0 Å². The Kier molecular flexibility index (Phi) is 4.91. The molecule has 1 saturated heterocycles. The molecule has 1 aromatic heterocycles. The van der Waals surface area contributed by atoms with Crippen LogP contribution in [0.1, 0.15) is 37.0 Å². The fourth-order valence-electron chi connectivity index (χ4n) is 2.92. The van der Waals surface area contributed by atoms with Gasteiger partial charge in [0.1, 0.15) is 5.76 Å². The first-order valence-electron chi connectivity index (χ1n) is 7.41. The lowest BCUT2D eigenvalue weighted by Crippen LogP contribution is -2.41. The second-order valence-electron chi connectivity index (χ2n) is 6.09. The third kappa shape index (κ3) is 3.67. The summed E-state index contributed by atoms with van der Waals surface area (Å²) in [5.41, 5.74) is 0.324. The molecule has 1 aromatic rings. The van der Waals surface area contributed by atoms with Gasteiger partial charge in [-0.05, 0) is 11.8 Å². The number of hydrogen-bond acceptors (Lipinski definition) is 5. The van der Waals surface area contributed by atoms with Crippen LogP contribution >= 0.6 is 0 Å². The molecule has 0 spiro atoms. The van der Waals surface area contributed by atoms with Crippen molar-refractivity contribution in [2.45, 2.75) is 33.2 Å². The minimum absolute atomic E-state index is 0.0793. The van der Waals surface area contributed by atoms with E-state index in [9.17, 15) is 13.2 Å². The standard InChI is InChI=1S/C14H23N3O4S/c1-5-12-13(15-8-21-12)14(18)17-6-10(9(2)3)11(7-17)16-22(4,19)20/h8-11,16H,5-7H2,1-4H3/t10-,11+/m1/s1. The summed E-state index contributed by atoms with van der Waals surface area (Å²) in [6.07, 6.45) is 3.00. The van der Waals surface area contributed by atoms with Crippen molar-refractivity contribution >= 4 is 15.9 Å². The number of nitrogens with zero attached hydrogens (tertiary/aromatic N) is 2. The largest absolute Gasteiger partial charge is 0.448 e. The van der Waals surface area contributed by atoms with Gasteiger partial charge in [0.15, 0.2) is 12.1 Å². The van der Waals surface area contributed by atoms with Gasteiger partial charge in [-0.25, -0.2) is 18.1 Å². The molecule has 1 fully saturated rings. The summed E-state index contributed by atoms with van der Waals surface area (Å²) in [4.78, 5) is 18.3. The molecule has 124 valence electrons. The van der Waals surface area contributed by atoms with Crippen molar-refractivity contribution < 1.29 is 17.6 Å². The summed E-state index contributed by atoms with van der Waals surface area (Å²) in [7, 11) is -3.31. The molecule has 0 saturated carbocycles. The van der Waals surface area contributed by atoms with Gasteiger partial charge in [0.05, 0.1) is 6.26 Å². The SMILES string of the molecule is CCc1ocnc1C(=O)N1C[C@H](NS(C)(=O)=O)[C@@H](C(C)C)C1. The van der Waals surface area contributed by atoms with Crippen LogP contribution in [-0.2, 0) is 16.4 Å². The first kappa shape index (κ1) is 17.0. The van der Waals surface area contributed by atoms with Crippen molar-refractivity contribution in [3.8, 4) is 0 Å². The van der Waals surface area contributed by atoms with Gasteiger partial charge in [0.25, 0.3) is 5.91 Å². The van der Waals surface area contributed by atoms with E-state index in [4.69, 9.17) is 4.42 Å². The molecule has 1 amide bonds. The Morgan fingerprint density at radius 2 is 2.18 bits per heavy atom. The quantitative estimate of drug-likeness (QED) is 0.866. The average molecular weight is 329 g/mol. The van der Waals surface area contributed by atoms with Crippen LogP contribution in [-0.4, -0.2) is 49.6 Å². The van der Waals surface area contributed by atoms with E-state index in [1.165, 1.54) is 6.39 Å². The zero-order valence-electron chi connectivity index (χ0n) is 13.4. The molecular formula is C14H23N3O4S. The van der Waals surface area contributed by atoms with E-state index in [1.807, 2.05) is 20.8 Å². The van der Waals surface area contributed by atoms with E-state index < -0.39 is 10.0 Å². The molecule has 2 rings (SSSR count). The molecule has 8 heteroatoms. The van der Waals surface area contributed by atoms with Crippen LogP contribution < -0.4 is 4.72 Å². The molecule has 2 atom stereocenters. The lowest BCUT2D eigenvalue weighted by Gasteiger charge is -2.21. The zero-order chi connectivity index (χ0) is 16.5. The number of aromatic nitrogens is 1. The summed E-state index contributed by atoms with van der Waals surface area (Å²) in [6.45, 7) is 6.82. The third-order valence-corrected chi connectivity index (χ3v) is 4.77. The maximum Gasteiger partial charge on any atom is 0.276 e. The smallest absolute Gasteiger partial charge is 0.276 e. The van der Waals surface area contributed by atoms with Gasteiger partial charge in [-0.1, -0.05) is 20.8 Å². The molecule has 1 N–H and O–H groups in total. The number of sulfonamides is 1. The number of oxazole rings is 1. The number of aryl methyl sites for hydroxylation is 1. The highest BCUT2D eigenvalue weighted by Crippen LogP contribution is 2.26. The molecule has 2 heterocycles. The second-order valence-corrected chi connectivity index (χ2v) is 7.87. The lowest BCUT2D eigenvalue weighted by molar-refractivity contribution is 0.0775. The number of rotatable bonds is 5. The highest BCUT2D eigenvalue weighted by molar-refractivity contribution is 7.88. The van der Waals surface area contributed by atoms with Crippen LogP contribution in [0.2, 0.25) is 0 Å². The van der Waals surface area contributed by atoms with Crippen LogP contribution in [0.25, 0.3) is 0 Å². The van der Waals surface area contributed by atoms with Gasteiger partial charge >= 0.3 is 0 Å². The molecule has 1 aliphatic heterocycles. The summed E-state index contributed by atoms with van der Waals surface area (Å²) in [6, 6.07) is -0.268. The Balaban J connectivity index is 2.18. The van der Waals surface area contributed by atoms with Gasteiger partial charge < -0.3 is 9.32 Å². The molecule has 0 bridgehead atoms. The fraction of sp³-hybridized carbons (Fsp3) is 0.714. The predicted octanol–water partition coefficient (Wildman–Crippen LogP) is 0.883. The number of likely N-dealkylation sites (tertiary alicyclic amines) is 1. The van der Waals surface area contributed by atoms with E-state index in [0.29, 0.717) is 31.0 Å². The van der Waals surface area contributed by atoms with Crippen molar-refractivity contribution in [3.05, 3.63) is 17.8 Å². The average Bonchev–Trinajstić information content (AvgIpc) is 3.01. The number of hydrogen-bond donors (Lipinski definition) is 1. The van der Waals surface area contributed by atoms with E-state index >= 15 is 0 Å². The first-order valence-corrected chi connectivity index (χ1v) is 9.31. The highest BCUT2D eigenvalue weighted by atomic mass is 32.2. The number of nitrogens with one attached hydrogen (secondary N) is 1. The van der Waals surface area contributed by atoms with Crippen LogP contribution in [0.4, 0.5) is 0 Å². The summed E-state index contributed by atoms with van der Waals surface area (Å²) in [5.74, 6) is 0.704. The molecule has 0 aliphatic carbocycles. The van der Waals surface area contributed by atoms with Crippen LogP contribution in [0.15, 0.2) is 10.8 Å². The zero-order valence-corrected chi connectivity index (χ0v) is 14.2. The van der Waals surface area contributed by atoms with E-state index in [-0.39, 0.29) is 23.8 Å².